The van der Waals surface area contributed by atoms with Crippen molar-refractivity contribution in [2.75, 3.05) is 6.54 Å². The minimum absolute atomic E-state index is 0.205. The zero-order valence-electron chi connectivity index (χ0n) is 9.54. The van der Waals surface area contributed by atoms with Gasteiger partial charge in [-0.1, -0.05) is 13.3 Å². The summed E-state index contributed by atoms with van der Waals surface area (Å²) < 4.78 is 0. The van der Waals surface area contributed by atoms with Gasteiger partial charge in [-0.15, -0.1) is 0 Å². The van der Waals surface area contributed by atoms with Gasteiger partial charge in [-0.05, 0) is 37.0 Å². The molecule has 0 saturated heterocycles. The van der Waals surface area contributed by atoms with Crippen LogP contribution in [0.5, 0.6) is 0 Å². The fraction of sp³-hybridized carbons (Fsp3) is 0.917. The predicted octanol–water partition coefficient (Wildman–Crippen LogP) is 1.28. The molecule has 0 aromatic rings. The fourth-order valence-corrected chi connectivity index (χ4v) is 2.56. The Balaban J connectivity index is 1.63. The second kappa shape index (κ2) is 4.52. The van der Waals surface area contributed by atoms with Gasteiger partial charge < -0.3 is 11.1 Å². The van der Waals surface area contributed by atoms with E-state index in [9.17, 15) is 4.79 Å². The third kappa shape index (κ3) is 2.94. The molecule has 0 aromatic heterocycles. The molecular formula is C12H22N2O. The maximum atomic E-state index is 11.6. The molecule has 0 spiro atoms. The summed E-state index contributed by atoms with van der Waals surface area (Å²) in [6.45, 7) is 3.12. The van der Waals surface area contributed by atoms with E-state index < -0.39 is 0 Å². The number of carbonyl (C=O) groups excluding carboxylic acids is 1. The maximum Gasteiger partial charge on any atom is 0.220 e. The van der Waals surface area contributed by atoms with Crippen LogP contribution < -0.4 is 11.1 Å². The van der Waals surface area contributed by atoms with Crippen LogP contribution in [0.25, 0.3) is 0 Å². The zero-order valence-corrected chi connectivity index (χ0v) is 9.54. The van der Waals surface area contributed by atoms with Gasteiger partial charge in [0.25, 0.3) is 0 Å². The van der Waals surface area contributed by atoms with Crippen LogP contribution in [-0.4, -0.2) is 18.5 Å². The van der Waals surface area contributed by atoms with E-state index in [0.29, 0.717) is 12.3 Å². The van der Waals surface area contributed by atoms with Crippen molar-refractivity contribution in [3.05, 3.63) is 0 Å². The topological polar surface area (TPSA) is 55.1 Å². The molecular weight excluding hydrogens is 188 g/mol. The van der Waals surface area contributed by atoms with E-state index in [1.54, 1.807) is 0 Å². The summed E-state index contributed by atoms with van der Waals surface area (Å²) in [5.41, 5.74) is 5.94. The molecule has 2 saturated carbocycles. The van der Waals surface area contributed by atoms with E-state index >= 15 is 0 Å². The van der Waals surface area contributed by atoms with Crippen LogP contribution in [0.15, 0.2) is 0 Å². The van der Waals surface area contributed by atoms with Gasteiger partial charge in [0.2, 0.25) is 5.91 Å². The largest absolute Gasteiger partial charge is 0.356 e. The van der Waals surface area contributed by atoms with E-state index in [1.165, 1.54) is 12.8 Å². The van der Waals surface area contributed by atoms with E-state index in [4.69, 9.17) is 5.73 Å². The van der Waals surface area contributed by atoms with Crippen LogP contribution in [-0.2, 0) is 4.79 Å². The van der Waals surface area contributed by atoms with Crippen LogP contribution in [0.3, 0.4) is 0 Å². The summed E-state index contributed by atoms with van der Waals surface area (Å²) in [6.07, 6.45) is 5.34. The van der Waals surface area contributed by atoms with Gasteiger partial charge in [-0.3, -0.25) is 4.79 Å². The number of hydrogen-bond donors (Lipinski definition) is 2. The molecule has 2 aliphatic rings. The molecule has 3 heteroatoms. The molecule has 2 rings (SSSR count). The van der Waals surface area contributed by atoms with Crippen LogP contribution in [0.2, 0.25) is 0 Å². The van der Waals surface area contributed by atoms with E-state index in [0.717, 1.165) is 31.2 Å². The molecule has 0 radical (unpaired) electrons. The Labute approximate surface area is 91.8 Å². The highest BCUT2D eigenvalue weighted by molar-refractivity contribution is 5.76. The van der Waals surface area contributed by atoms with Gasteiger partial charge in [0.1, 0.15) is 0 Å². The summed E-state index contributed by atoms with van der Waals surface area (Å²) in [5.74, 6) is 2.20. The number of carbonyl (C=O) groups is 1. The summed E-state index contributed by atoms with van der Waals surface area (Å²) in [5, 5.41) is 3.03. The summed E-state index contributed by atoms with van der Waals surface area (Å²) in [7, 11) is 0. The summed E-state index contributed by atoms with van der Waals surface area (Å²) >= 11 is 0. The van der Waals surface area contributed by atoms with Crippen molar-refractivity contribution in [3.8, 4) is 0 Å². The highest BCUT2D eigenvalue weighted by Gasteiger charge is 2.33. The molecule has 0 aromatic carbocycles. The molecule has 0 aliphatic heterocycles. The first-order valence-electron chi connectivity index (χ1n) is 6.19. The predicted molar refractivity (Wildman–Crippen MR) is 60.2 cm³/mol. The highest BCUT2D eigenvalue weighted by Crippen LogP contribution is 2.36. The normalized spacial score (nSPS) is 39.1. The smallest absolute Gasteiger partial charge is 0.220 e. The SMILES string of the molecule is CC1CC1CNC(=O)C[C@@H]1CCC[C@H]1N. The molecule has 86 valence electrons. The first-order chi connectivity index (χ1) is 7.16. The molecule has 2 aliphatic carbocycles. The van der Waals surface area contributed by atoms with Crippen LogP contribution in [0.1, 0.15) is 39.0 Å². The Bertz CT molecular complexity index is 242. The fourth-order valence-electron chi connectivity index (χ4n) is 2.56. The Hall–Kier alpha value is -0.570. The third-order valence-electron chi connectivity index (χ3n) is 4.00. The second-order valence-corrected chi connectivity index (χ2v) is 5.34. The number of nitrogens with two attached hydrogens (primary N) is 1. The van der Waals surface area contributed by atoms with Crippen molar-refractivity contribution in [2.24, 2.45) is 23.5 Å². The molecule has 0 bridgehead atoms. The summed E-state index contributed by atoms with van der Waals surface area (Å²) in [4.78, 5) is 11.6. The first-order valence-corrected chi connectivity index (χ1v) is 6.19. The average molecular weight is 210 g/mol. The quantitative estimate of drug-likeness (QED) is 0.734. The standard InChI is InChI=1S/C12H22N2O/c1-8-5-10(8)7-14-12(15)6-9-3-2-4-11(9)13/h8-11H,2-7,13H2,1H3,(H,14,15)/t8?,9-,10?,11+/m0/s1. The lowest BCUT2D eigenvalue weighted by atomic mass is 10.00. The lowest BCUT2D eigenvalue weighted by Gasteiger charge is -2.14. The van der Waals surface area contributed by atoms with Crippen molar-refractivity contribution in [2.45, 2.75) is 45.1 Å². The van der Waals surface area contributed by atoms with Crippen LogP contribution >= 0.6 is 0 Å². The van der Waals surface area contributed by atoms with Gasteiger partial charge in [0, 0.05) is 19.0 Å². The molecule has 4 atom stereocenters. The summed E-state index contributed by atoms with van der Waals surface area (Å²) in [6, 6.07) is 0.260. The van der Waals surface area contributed by atoms with E-state index in [2.05, 4.69) is 12.2 Å². The van der Waals surface area contributed by atoms with E-state index in [-0.39, 0.29) is 11.9 Å². The first kappa shape index (κ1) is 10.9. The molecule has 0 heterocycles. The Kier molecular flexibility index (Phi) is 3.29. The maximum absolute atomic E-state index is 11.6. The lowest BCUT2D eigenvalue weighted by molar-refractivity contribution is -0.122. The van der Waals surface area contributed by atoms with Crippen molar-refractivity contribution in [1.82, 2.24) is 5.32 Å². The number of rotatable bonds is 4. The van der Waals surface area contributed by atoms with Gasteiger partial charge in [0.05, 0.1) is 0 Å². The Morgan fingerprint density at radius 3 is 2.67 bits per heavy atom. The highest BCUT2D eigenvalue weighted by atomic mass is 16.1. The van der Waals surface area contributed by atoms with Gasteiger partial charge in [-0.25, -0.2) is 0 Å². The average Bonchev–Trinajstić information content (AvgIpc) is 2.76. The van der Waals surface area contributed by atoms with Gasteiger partial charge in [0.15, 0.2) is 0 Å². The second-order valence-electron chi connectivity index (χ2n) is 5.34. The Morgan fingerprint density at radius 2 is 2.13 bits per heavy atom. The van der Waals surface area contributed by atoms with Crippen LogP contribution in [0.4, 0.5) is 0 Å². The molecule has 3 N–H and O–H groups in total. The molecule has 2 fully saturated rings. The minimum Gasteiger partial charge on any atom is -0.356 e. The number of hydrogen-bond acceptors (Lipinski definition) is 2. The molecule has 1 amide bonds. The number of nitrogens with one attached hydrogen (secondary N) is 1. The van der Waals surface area contributed by atoms with Crippen molar-refractivity contribution in [3.63, 3.8) is 0 Å². The number of amides is 1. The van der Waals surface area contributed by atoms with Gasteiger partial charge >= 0.3 is 0 Å². The van der Waals surface area contributed by atoms with Crippen LogP contribution in [0, 0.1) is 17.8 Å². The van der Waals surface area contributed by atoms with Gasteiger partial charge in [-0.2, -0.15) is 0 Å². The lowest BCUT2D eigenvalue weighted by Crippen LogP contribution is -2.32. The molecule has 3 nitrogen and oxygen atoms in total. The molecule has 2 unspecified atom stereocenters. The minimum atomic E-state index is 0.205. The van der Waals surface area contributed by atoms with Crippen molar-refractivity contribution < 1.29 is 4.79 Å². The van der Waals surface area contributed by atoms with E-state index in [1.807, 2.05) is 0 Å². The monoisotopic (exact) mass is 210 g/mol. The zero-order chi connectivity index (χ0) is 10.8. The molecule has 15 heavy (non-hydrogen) atoms. The Morgan fingerprint density at radius 1 is 1.40 bits per heavy atom. The third-order valence-corrected chi connectivity index (χ3v) is 4.00. The van der Waals surface area contributed by atoms with Crippen molar-refractivity contribution in [1.29, 1.82) is 0 Å². The van der Waals surface area contributed by atoms with Crippen molar-refractivity contribution >= 4 is 5.91 Å².